The van der Waals surface area contributed by atoms with Crippen molar-refractivity contribution in [3.63, 3.8) is 0 Å². The molecule has 1 aliphatic heterocycles. The first-order valence-corrected chi connectivity index (χ1v) is 5.18. The number of aromatic nitrogens is 1. The lowest BCUT2D eigenvalue weighted by molar-refractivity contribution is 1.11. The highest BCUT2D eigenvalue weighted by molar-refractivity contribution is 6.15. The summed E-state index contributed by atoms with van der Waals surface area (Å²) in [5.41, 5.74) is 11.1. The number of anilines is 1. The smallest absolute Gasteiger partial charge is 0.0728 e. The molecular formula is C13H11N3. The van der Waals surface area contributed by atoms with Crippen molar-refractivity contribution in [1.29, 1.82) is 0 Å². The van der Waals surface area contributed by atoms with Crippen LogP contribution in [0.2, 0.25) is 0 Å². The van der Waals surface area contributed by atoms with Gasteiger partial charge in [0.05, 0.1) is 12.3 Å². The third-order valence-corrected chi connectivity index (χ3v) is 2.75. The number of pyridine rings is 1. The first-order valence-electron chi connectivity index (χ1n) is 5.18. The zero-order valence-electron chi connectivity index (χ0n) is 8.72. The Hall–Kier alpha value is -2.16. The standard InChI is InChI=1S/C13H11N3/c14-11-2-1-10-8-16-13(12(10)7-11)9-3-5-15-6-4-9/h1-7H,8,14H2. The van der Waals surface area contributed by atoms with Gasteiger partial charge in [-0.2, -0.15) is 0 Å². The van der Waals surface area contributed by atoms with Crippen LogP contribution in [0.1, 0.15) is 16.7 Å². The number of aliphatic imine (C=N–C) groups is 1. The van der Waals surface area contributed by atoms with Gasteiger partial charge in [-0.15, -0.1) is 0 Å². The van der Waals surface area contributed by atoms with Crippen LogP contribution in [0.4, 0.5) is 5.69 Å². The molecule has 16 heavy (non-hydrogen) atoms. The van der Waals surface area contributed by atoms with Crippen molar-refractivity contribution in [1.82, 2.24) is 4.98 Å². The lowest BCUT2D eigenvalue weighted by Crippen LogP contribution is -2.01. The lowest BCUT2D eigenvalue weighted by Gasteiger charge is -2.04. The van der Waals surface area contributed by atoms with Crippen molar-refractivity contribution in [2.24, 2.45) is 4.99 Å². The van der Waals surface area contributed by atoms with Crippen LogP contribution in [0, 0.1) is 0 Å². The van der Waals surface area contributed by atoms with Crippen LogP contribution in [0.5, 0.6) is 0 Å². The highest BCUT2D eigenvalue weighted by atomic mass is 14.8. The molecule has 3 rings (SSSR count). The van der Waals surface area contributed by atoms with Crippen LogP contribution < -0.4 is 5.73 Å². The first-order chi connectivity index (χ1) is 7.84. The zero-order chi connectivity index (χ0) is 11.0. The molecule has 3 nitrogen and oxygen atoms in total. The van der Waals surface area contributed by atoms with Gasteiger partial charge in [0.2, 0.25) is 0 Å². The Labute approximate surface area is 93.7 Å². The second-order valence-corrected chi connectivity index (χ2v) is 3.82. The minimum absolute atomic E-state index is 0.743. The predicted molar refractivity (Wildman–Crippen MR) is 64.4 cm³/mol. The number of hydrogen-bond acceptors (Lipinski definition) is 3. The van der Waals surface area contributed by atoms with E-state index >= 15 is 0 Å². The maximum absolute atomic E-state index is 5.80. The van der Waals surface area contributed by atoms with Crippen LogP contribution in [0.15, 0.2) is 47.7 Å². The van der Waals surface area contributed by atoms with Crippen LogP contribution in [-0.4, -0.2) is 10.7 Å². The Kier molecular flexibility index (Phi) is 1.96. The number of benzene rings is 1. The molecule has 0 atom stereocenters. The van der Waals surface area contributed by atoms with Gasteiger partial charge in [0.15, 0.2) is 0 Å². The molecule has 0 amide bonds. The van der Waals surface area contributed by atoms with E-state index in [2.05, 4.69) is 9.98 Å². The predicted octanol–water partition coefficient (Wildman–Crippen LogP) is 2.01. The van der Waals surface area contributed by atoms with Crippen LogP contribution in [0.25, 0.3) is 0 Å². The summed E-state index contributed by atoms with van der Waals surface area (Å²) in [5, 5.41) is 0. The molecule has 0 saturated carbocycles. The Morgan fingerprint density at radius 1 is 1.06 bits per heavy atom. The normalized spacial score (nSPS) is 13.4. The summed E-state index contributed by atoms with van der Waals surface area (Å²) in [6.45, 7) is 0.743. The minimum Gasteiger partial charge on any atom is -0.399 e. The third kappa shape index (κ3) is 1.37. The monoisotopic (exact) mass is 209 g/mol. The molecule has 2 N–H and O–H groups in total. The molecule has 0 aliphatic carbocycles. The van der Waals surface area contributed by atoms with E-state index in [4.69, 9.17) is 5.73 Å². The van der Waals surface area contributed by atoms with Gasteiger partial charge >= 0.3 is 0 Å². The summed E-state index contributed by atoms with van der Waals surface area (Å²) in [7, 11) is 0. The minimum atomic E-state index is 0.743. The van der Waals surface area contributed by atoms with E-state index in [1.165, 1.54) is 5.56 Å². The Morgan fingerprint density at radius 3 is 2.69 bits per heavy atom. The average Bonchev–Trinajstić information content (AvgIpc) is 2.73. The average molecular weight is 209 g/mol. The van der Waals surface area contributed by atoms with Gasteiger partial charge in [-0.3, -0.25) is 9.98 Å². The SMILES string of the molecule is Nc1ccc2c(c1)C(c1ccncc1)=NC2. The van der Waals surface area contributed by atoms with Crippen LogP contribution in [0.3, 0.4) is 0 Å². The largest absolute Gasteiger partial charge is 0.399 e. The Balaban J connectivity index is 2.12. The number of nitrogen functional groups attached to an aromatic ring is 1. The van der Waals surface area contributed by atoms with Crippen molar-refractivity contribution in [2.75, 3.05) is 5.73 Å². The van der Waals surface area contributed by atoms with Crippen LogP contribution in [-0.2, 0) is 6.54 Å². The van der Waals surface area contributed by atoms with Gasteiger partial charge in [-0.05, 0) is 29.8 Å². The Morgan fingerprint density at radius 2 is 1.88 bits per heavy atom. The maximum Gasteiger partial charge on any atom is 0.0728 e. The molecule has 0 fully saturated rings. The molecule has 0 unspecified atom stereocenters. The van der Waals surface area contributed by atoms with Crippen molar-refractivity contribution in [3.8, 4) is 0 Å². The fraction of sp³-hybridized carbons (Fsp3) is 0.0769. The van der Waals surface area contributed by atoms with E-state index in [0.717, 1.165) is 29.1 Å². The second-order valence-electron chi connectivity index (χ2n) is 3.82. The number of rotatable bonds is 1. The molecule has 3 heteroatoms. The van der Waals surface area contributed by atoms with Crippen molar-refractivity contribution < 1.29 is 0 Å². The Bertz CT molecular complexity index is 559. The van der Waals surface area contributed by atoms with Gasteiger partial charge in [-0.25, -0.2) is 0 Å². The molecule has 1 aromatic carbocycles. The summed E-state index contributed by atoms with van der Waals surface area (Å²) in [6.07, 6.45) is 3.56. The van der Waals surface area contributed by atoms with Crippen LogP contribution >= 0.6 is 0 Å². The molecule has 78 valence electrons. The zero-order valence-corrected chi connectivity index (χ0v) is 8.72. The number of hydrogen-bond donors (Lipinski definition) is 1. The summed E-state index contributed by atoms with van der Waals surface area (Å²) in [4.78, 5) is 8.56. The molecule has 2 aromatic rings. The quantitative estimate of drug-likeness (QED) is 0.730. The van der Waals surface area contributed by atoms with E-state index in [9.17, 15) is 0 Å². The van der Waals surface area contributed by atoms with E-state index in [-0.39, 0.29) is 0 Å². The number of fused-ring (bicyclic) bond motifs is 1. The maximum atomic E-state index is 5.80. The van der Waals surface area contributed by atoms with E-state index < -0.39 is 0 Å². The highest BCUT2D eigenvalue weighted by Gasteiger charge is 2.16. The fourth-order valence-electron chi connectivity index (χ4n) is 1.96. The topological polar surface area (TPSA) is 51.3 Å². The molecule has 1 aliphatic rings. The summed E-state index contributed by atoms with van der Waals surface area (Å²) in [5.74, 6) is 0. The lowest BCUT2D eigenvalue weighted by atomic mass is 10.0. The molecule has 2 heterocycles. The highest BCUT2D eigenvalue weighted by Crippen LogP contribution is 2.24. The van der Waals surface area contributed by atoms with E-state index in [0.29, 0.717) is 0 Å². The van der Waals surface area contributed by atoms with E-state index in [1.54, 1.807) is 12.4 Å². The molecule has 0 spiro atoms. The molecular weight excluding hydrogens is 198 g/mol. The van der Waals surface area contributed by atoms with Crippen molar-refractivity contribution >= 4 is 11.4 Å². The number of nitrogens with two attached hydrogens (primary N) is 1. The van der Waals surface area contributed by atoms with Crippen molar-refractivity contribution in [3.05, 3.63) is 59.4 Å². The fourth-order valence-corrected chi connectivity index (χ4v) is 1.96. The van der Waals surface area contributed by atoms with E-state index in [1.807, 2.05) is 30.3 Å². The molecule has 1 aromatic heterocycles. The summed E-state index contributed by atoms with van der Waals surface area (Å²) in [6, 6.07) is 9.89. The van der Waals surface area contributed by atoms with Crippen molar-refractivity contribution in [2.45, 2.75) is 6.54 Å². The molecule has 0 saturated heterocycles. The summed E-state index contributed by atoms with van der Waals surface area (Å²) >= 11 is 0. The van der Waals surface area contributed by atoms with Gasteiger partial charge in [0.25, 0.3) is 0 Å². The van der Waals surface area contributed by atoms with Gasteiger partial charge in [0.1, 0.15) is 0 Å². The van der Waals surface area contributed by atoms with Gasteiger partial charge in [0, 0.05) is 29.2 Å². The number of nitrogens with zero attached hydrogens (tertiary/aromatic N) is 2. The molecule has 0 radical (unpaired) electrons. The first kappa shape index (κ1) is 9.09. The summed E-state index contributed by atoms with van der Waals surface area (Å²) < 4.78 is 0. The third-order valence-electron chi connectivity index (χ3n) is 2.75. The molecule has 0 bridgehead atoms. The second kappa shape index (κ2) is 3.45. The van der Waals surface area contributed by atoms with Gasteiger partial charge in [-0.1, -0.05) is 6.07 Å². The van der Waals surface area contributed by atoms with Gasteiger partial charge < -0.3 is 5.73 Å².